The maximum atomic E-state index is 11.6. The molecule has 0 fully saturated rings. The summed E-state index contributed by atoms with van der Waals surface area (Å²) in [5.41, 5.74) is 6.99. The molecule has 0 bridgehead atoms. The highest BCUT2D eigenvalue weighted by Gasteiger charge is 2.10. The molecule has 17 heavy (non-hydrogen) atoms. The smallest absolute Gasteiger partial charge is 0.256 e. The molecule has 0 saturated heterocycles. The summed E-state index contributed by atoms with van der Waals surface area (Å²) >= 11 is 0. The summed E-state index contributed by atoms with van der Waals surface area (Å²) in [6.45, 7) is 3.08. The number of carbonyl (C=O) groups excluding carboxylic acids is 1. The molecule has 0 saturated carbocycles. The van der Waals surface area contributed by atoms with Gasteiger partial charge in [-0.25, -0.2) is 0 Å². The molecule has 2 aromatic rings. The Bertz CT molecular complexity index is 514. The quantitative estimate of drug-likeness (QED) is 0.689. The molecule has 7 nitrogen and oxygen atoms in total. The van der Waals surface area contributed by atoms with Crippen LogP contribution in [-0.4, -0.2) is 32.4 Å². The van der Waals surface area contributed by atoms with E-state index in [1.807, 2.05) is 13.1 Å². The van der Waals surface area contributed by atoms with Gasteiger partial charge in [-0.1, -0.05) is 0 Å². The van der Waals surface area contributed by atoms with Crippen LogP contribution in [0.15, 0.2) is 18.6 Å². The lowest BCUT2D eigenvalue weighted by Crippen LogP contribution is -2.27. The molecule has 0 aliphatic rings. The van der Waals surface area contributed by atoms with E-state index in [1.165, 1.54) is 6.20 Å². The normalized spacial score (nSPS) is 10.4. The first kappa shape index (κ1) is 11.2. The number of anilines is 1. The number of rotatable bonds is 4. The predicted molar refractivity (Wildman–Crippen MR) is 62.3 cm³/mol. The van der Waals surface area contributed by atoms with Crippen LogP contribution in [0.5, 0.6) is 0 Å². The topological polar surface area (TPSA) is 102 Å². The van der Waals surface area contributed by atoms with E-state index in [1.54, 1.807) is 10.9 Å². The van der Waals surface area contributed by atoms with Gasteiger partial charge >= 0.3 is 0 Å². The number of carbonyl (C=O) groups is 1. The van der Waals surface area contributed by atoms with Gasteiger partial charge in [-0.15, -0.1) is 0 Å². The van der Waals surface area contributed by atoms with Gasteiger partial charge in [-0.2, -0.15) is 10.2 Å². The molecular formula is C10H14N6O. The molecule has 0 spiro atoms. The highest BCUT2D eigenvalue weighted by molar-refractivity contribution is 5.97. The molecule has 0 atom stereocenters. The Hall–Kier alpha value is -2.31. The third kappa shape index (κ3) is 2.63. The Morgan fingerprint density at radius 1 is 1.59 bits per heavy atom. The van der Waals surface area contributed by atoms with Crippen LogP contribution in [0.3, 0.4) is 0 Å². The first-order valence-corrected chi connectivity index (χ1v) is 5.23. The van der Waals surface area contributed by atoms with Crippen LogP contribution in [0.1, 0.15) is 15.9 Å². The Morgan fingerprint density at radius 2 is 2.41 bits per heavy atom. The first-order valence-electron chi connectivity index (χ1n) is 5.23. The molecule has 0 radical (unpaired) electrons. The molecule has 2 heterocycles. The second-order valence-corrected chi connectivity index (χ2v) is 3.73. The number of aromatic amines is 1. The molecule has 0 aliphatic carbocycles. The number of H-pyrrole nitrogens is 1. The maximum absolute atomic E-state index is 11.6. The molecule has 2 rings (SSSR count). The van der Waals surface area contributed by atoms with Gasteiger partial charge in [-0.3, -0.25) is 14.6 Å². The van der Waals surface area contributed by atoms with Crippen molar-refractivity contribution < 1.29 is 4.79 Å². The molecule has 0 aliphatic heterocycles. The van der Waals surface area contributed by atoms with Gasteiger partial charge < -0.3 is 11.1 Å². The summed E-state index contributed by atoms with van der Waals surface area (Å²) in [6.07, 6.45) is 5.09. The number of nitrogen functional groups attached to an aromatic ring is 1. The van der Waals surface area contributed by atoms with E-state index < -0.39 is 0 Å². The van der Waals surface area contributed by atoms with E-state index in [0.29, 0.717) is 18.7 Å². The highest BCUT2D eigenvalue weighted by atomic mass is 16.1. The van der Waals surface area contributed by atoms with Crippen molar-refractivity contribution in [1.29, 1.82) is 0 Å². The summed E-state index contributed by atoms with van der Waals surface area (Å²) in [6, 6.07) is 0. The summed E-state index contributed by atoms with van der Waals surface area (Å²) in [5, 5.41) is 13.1. The number of aryl methyl sites for hydroxylation is 1. The van der Waals surface area contributed by atoms with Gasteiger partial charge in [0.1, 0.15) is 11.4 Å². The number of hydrogen-bond acceptors (Lipinski definition) is 4. The lowest BCUT2D eigenvalue weighted by atomic mass is 10.3. The van der Waals surface area contributed by atoms with Crippen molar-refractivity contribution in [3.8, 4) is 0 Å². The van der Waals surface area contributed by atoms with Crippen LogP contribution in [-0.2, 0) is 6.54 Å². The van der Waals surface area contributed by atoms with E-state index in [4.69, 9.17) is 5.73 Å². The Balaban J connectivity index is 1.83. The number of amides is 1. The summed E-state index contributed by atoms with van der Waals surface area (Å²) in [7, 11) is 0. The lowest BCUT2D eigenvalue weighted by Gasteiger charge is -2.04. The zero-order valence-corrected chi connectivity index (χ0v) is 9.47. The number of aromatic nitrogens is 4. The Morgan fingerprint density at radius 3 is 3.00 bits per heavy atom. The van der Waals surface area contributed by atoms with Gasteiger partial charge in [0, 0.05) is 12.7 Å². The van der Waals surface area contributed by atoms with Crippen molar-refractivity contribution in [2.75, 3.05) is 12.3 Å². The summed E-state index contributed by atoms with van der Waals surface area (Å²) < 4.78 is 1.77. The van der Waals surface area contributed by atoms with Crippen LogP contribution in [0.25, 0.3) is 0 Å². The van der Waals surface area contributed by atoms with Crippen molar-refractivity contribution in [1.82, 2.24) is 25.3 Å². The molecule has 7 heteroatoms. The fourth-order valence-corrected chi connectivity index (χ4v) is 1.45. The average Bonchev–Trinajstić information content (AvgIpc) is 2.87. The van der Waals surface area contributed by atoms with Crippen LogP contribution in [0.2, 0.25) is 0 Å². The van der Waals surface area contributed by atoms with Gasteiger partial charge in [0.05, 0.1) is 18.9 Å². The van der Waals surface area contributed by atoms with E-state index in [-0.39, 0.29) is 11.7 Å². The second-order valence-electron chi connectivity index (χ2n) is 3.73. The molecule has 0 unspecified atom stereocenters. The van der Waals surface area contributed by atoms with Crippen molar-refractivity contribution >= 4 is 11.7 Å². The minimum atomic E-state index is -0.236. The molecule has 0 aromatic carbocycles. The number of nitrogens with one attached hydrogen (secondary N) is 2. The SMILES string of the molecule is Cc1cnn(CCNC(=O)c2cn[nH]c2N)c1. The van der Waals surface area contributed by atoms with E-state index in [2.05, 4.69) is 20.6 Å². The van der Waals surface area contributed by atoms with E-state index >= 15 is 0 Å². The van der Waals surface area contributed by atoms with E-state index in [0.717, 1.165) is 5.56 Å². The summed E-state index contributed by atoms with van der Waals surface area (Å²) in [5.74, 6) is 0.0394. The standard InChI is InChI=1S/C10H14N6O/c1-7-4-14-16(6-7)3-2-12-10(17)8-5-13-15-9(8)11/h4-6H,2-3H2,1H3,(H,12,17)(H3,11,13,15). The van der Waals surface area contributed by atoms with Gasteiger partial charge in [0.25, 0.3) is 5.91 Å². The lowest BCUT2D eigenvalue weighted by molar-refractivity contribution is 0.0953. The predicted octanol–water partition coefficient (Wildman–Crippen LogP) is -0.0732. The van der Waals surface area contributed by atoms with Crippen LogP contribution in [0.4, 0.5) is 5.82 Å². The van der Waals surface area contributed by atoms with Crippen molar-refractivity contribution in [3.63, 3.8) is 0 Å². The third-order valence-electron chi connectivity index (χ3n) is 2.30. The minimum Gasteiger partial charge on any atom is -0.383 e. The van der Waals surface area contributed by atoms with Crippen LogP contribution >= 0.6 is 0 Å². The molecule has 4 N–H and O–H groups in total. The van der Waals surface area contributed by atoms with Crippen molar-refractivity contribution in [2.24, 2.45) is 0 Å². The first-order chi connectivity index (χ1) is 8.16. The van der Waals surface area contributed by atoms with Gasteiger partial charge in [-0.05, 0) is 12.5 Å². The molecule has 90 valence electrons. The average molecular weight is 234 g/mol. The second kappa shape index (κ2) is 4.69. The van der Waals surface area contributed by atoms with E-state index in [9.17, 15) is 4.79 Å². The Kier molecular flexibility index (Phi) is 3.08. The Labute approximate surface area is 98.0 Å². The van der Waals surface area contributed by atoms with Crippen molar-refractivity contribution in [3.05, 3.63) is 29.7 Å². The molecule has 1 amide bonds. The van der Waals surface area contributed by atoms with Gasteiger partial charge in [0.15, 0.2) is 0 Å². The minimum absolute atomic E-state index is 0.236. The molecular weight excluding hydrogens is 220 g/mol. The monoisotopic (exact) mass is 234 g/mol. The highest BCUT2D eigenvalue weighted by Crippen LogP contribution is 2.04. The maximum Gasteiger partial charge on any atom is 0.256 e. The number of hydrogen-bond donors (Lipinski definition) is 3. The number of nitrogens with two attached hydrogens (primary N) is 1. The largest absolute Gasteiger partial charge is 0.383 e. The summed E-state index contributed by atoms with van der Waals surface area (Å²) in [4.78, 5) is 11.6. The zero-order chi connectivity index (χ0) is 12.3. The molecule has 2 aromatic heterocycles. The van der Waals surface area contributed by atoms with Crippen LogP contribution in [0, 0.1) is 6.92 Å². The van der Waals surface area contributed by atoms with Gasteiger partial charge in [0.2, 0.25) is 0 Å². The zero-order valence-electron chi connectivity index (χ0n) is 9.47. The van der Waals surface area contributed by atoms with Crippen molar-refractivity contribution in [2.45, 2.75) is 13.5 Å². The van der Waals surface area contributed by atoms with Crippen LogP contribution < -0.4 is 11.1 Å². The fourth-order valence-electron chi connectivity index (χ4n) is 1.45. The fraction of sp³-hybridized carbons (Fsp3) is 0.300. The third-order valence-corrected chi connectivity index (χ3v) is 2.30. The number of nitrogens with zero attached hydrogens (tertiary/aromatic N) is 3.